The third kappa shape index (κ3) is 5.15. The second-order valence-corrected chi connectivity index (χ2v) is 12.8. The van der Waals surface area contributed by atoms with Crippen LogP contribution in [-0.4, -0.2) is 45.2 Å². The van der Waals surface area contributed by atoms with Crippen LogP contribution in [0.15, 0.2) is 12.1 Å². The van der Waals surface area contributed by atoms with Crippen LogP contribution in [-0.2, 0) is 16.1 Å². The molecular formula is C30H43F2N3O3. The first-order valence-electron chi connectivity index (χ1n) is 14.6. The van der Waals surface area contributed by atoms with Crippen LogP contribution in [0.25, 0.3) is 11.0 Å². The predicted octanol–water partition coefficient (Wildman–Crippen LogP) is 6.10. The number of methoxy groups -OCH3 is 1. The molecule has 6 nitrogen and oxygen atoms in total. The average molecular weight is 532 g/mol. The van der Waals surface area contributed by atoms with Crippen molar-refractivity contribution in [2.45, 2.75) is 96.6 Å². The zero-order valence-electron chi connectivity index (χ0n) is 23.1. The van der Waals surface area contributed by atoms with E-state index in [0.717, 1.165) is 70.5 Å². The summed E-state index contributed by atoms with van der Waals surface area (Å²) < 4.78 is 35.1. The highest BCUT2D eigenvalue weighted by Crippen LogP contribution is 2.61. The van der Waals surface area contributed by atoms with Gasteiger partial charge in [0.1, 0.15) is 17.9 Å². The molecular weight excluding hydrogens is 488 g/mol. The summed E-state index contributed by atoms with van der Waals surface area (Å²) >= 11 is 0. The summed E-state index contributed by atoms with van der Waals surface area (Å²) in [5.74, 6) is 0.619. The van der Waals surface area contributed by atoms with Crippen molar-refractivity contribution in [1.82, 2.24) is 15.0 Å². The second kappa shape index (κ2) is 10.9. The molecule has 8 heteroatoms. The minimum atomic E-state index is -0.762. The predicted molar refractivity (Wildman–Crippen MR) is 141 cm³/mol. The molecule has 3 aliphatic rings. The van der Waals surface area contributed by atoms with Gasteiger partial charge in [-0.1, -0.05) is 25.0 Å². The van der Waals surface area contributed by atoms with E-state index in [4.69, 9.17) is 4.74 Å². The fourth-order valence-electron chi connectivity index (χ4n) is 8.58. The fourth-order valence-corrected chi connectivity index (χ4v) is 8.58. The summed E-state index contributed by atoms with van der Waals surface area (Å²) in [6.45, 7) is 4.98. The zero-order chi connectivity index (χ0) is 27.1. The molecule has 0 aliphatic heterocycles. The summed E-state index contributed by atoms with van der Waals surface area (Å²) in [4.78, 5) is 13.3. The summed E-state index contributed by atoms with van der Waals surface area (Å²) in [6.07, 6.45) is 11.2. The van der Waals surface area contributed by atoms with Crippen molar-refractivity contribution in [1.29, 1.82) is 0 Å². The number of carbonyl (C=O) groups is 1. The number of Topliss-reactive ketones (excluding diaryl/α,β-unsaturated/α-hetero) is 1. The van der Waals surface area contributed by atoms with Gasteiger partial charge in [0.15, 0.2) is 11.6 Å². The van der Waals surface area contributed by atoms with Gasteiger partial charge in [0.2, 0.25) is 0 Å². The van der Waals surface area contributed by atoms with Gasteiger partial charge in [-0.3, -0.25) is 4.79 Å². The maximum atomic E-state index is 14.1. The molecule has 2 aromatic rings. The van der Waals surface area contributed by atoms with Crippen LogP contribution in [0.5, 0.6) is 0 Å². The highest BCUT2D eigenvalue weighted by molar-refractivity contribution is 5.83. The number of ether oxygens (including phenoxy) is 1. The molecule has 3 fully saturated rings. The van der Waals surface area contributed by atoms with Crippen LogP contribution in [0.4, 0.5) is 8.78 Å². The molecule has 0 amide bonds. The lowest BCUT2D eigenvalue weighted by atomic mass is 9.47. The van der Waals surface area contributed by atoms with Crippen LogP contribution < -0.4 is 0 Å². The molecule has 1 N–H and O–H groups in total. The normalized spacial score (nSPS) is 35.5. The summed E-state index contributed by atoms with van der Waals surface area (Å²) in [7, 11) is 1.81. The Kier molecular flexibility index (Phi) is 7.94. The largest absolute Gasteiger partial charge is 0.390 e. The van der Waals surface area contributed by atoms with Crippen molar-refractivity contribution in [2.24, 2.45) is 35.0 Å². The number of hydrogen-bond acceptors (Lipinski definition) is 5. The van der Waals surface area contributed by atoms with Crippen LogP contribution in [0, 0.1) is 46.6 Å². The molecule has 0 saturated heterocycles. The molecule has 0 unspecified atom stereocenters. The number of hydrogen-bond donors (Lipinski definition) is 1. The number of fused-ring (bicyclic) bond motifs is 2. The SMILES string of the molecule is CCCC[C@H]1[C@H]([C@@H]2CC[C@H](C(=O)Cn3nnc4c(F)cc(F)cc43)C2)CC[C@@H]2C[C@](C)(O)CC[C@@]21COC. The molecule has 38 heavy (non-hydrogen) atoms. The van der Waals surface area contributed by atoms with Gasteiger partial charge < -0.3 is 9.84 Å². The number of aromatic nitrogens is 3. The zero-order valence-corrected chi connectivity index (χ0v) is 23.1. The Balaban J connectivity index is 1.32. The van der Waals surface area contributed by atoms with Crippen LogP contribution in [0.2, 0.25) is 0 Å². The van der Waals surface area contributed by atoms with Gasteiger partial charge >= 0.3 is 0 Å². The van der Waals surface area contributed by atoms with Crippen molar-refractivity contribution in [3.05, 3.63) is 23.8 Å². The van der Waals surface area contributed by atoms with E-state index in [1.165, 1.54) is 23.6 Å². The maximum absolute atomic E-state index is 14.1. The molecule has 1 aromatic carbocycles. The van der Waals surface area contributed by atoms with Gasteiger partial charge in [-0.15, -0.1) is 5.10 Å². The van der Waals surface area contributed by atoms with Gasteiger partial charge in [-0.05, 0) is 93.8 Å². The first-order chi connectivity index (χ1) is 18.2. The number of benzene rings is 1. The number of rotatable bonds is 9. The van der Waals surface area contributed by atoms with Crippen LogP contribution in [0.1, 0.15) is 84.5 Å². The lowest BCUT2D eigenvalue weighted by Crippen LogP contribution is -2.55. The van der Waals surface area contributed by atoms with Crippen molar-refractivity contribution >= 4 is 16.8 Å². The van der Waals surface area contributed by atoms with E-state index in [1.807, 2.05) is 14.0 Å². The second-order valence-electron chi connectivity index (χ2n) is 12.8. The van der Waals surface area contributed by atoms with Gasteiger partial charge in [-0.25, -0.2) is 13.5 Å². The number of halogens is 2. The fraction of sp³-hybridized carbons (Fsp3) is 0.767. The number of nitrogens with zero attached hydrogens (tertiary/aromatic N) is 3. The summed E-state index contributed by atoms with van der Waals surface area (Å²) in [5.41, 5.74) is -0.274. The molecule has 1 aromatic heterocycles. The Hall–Kier alpha value is -1.93. The van der Waals surface area contributed by atoms with E-state index < -0.39 is 17.2 Å². The van der Waals surface area contributed by atoms with Gasteiger partial charge in [0.25, 0.3) is 0 Å². The van der Waals surface area contributed by atoms with Crippen LogP contribution >= 0.6 is 0 Å². The highest BCUT2D eigenvalue weighted by Gasteiger charge is 2.56. The minimum absolute atomic E-state index is 0.00563. The Labute approximate surface area is 224 Å². The molecule has 7 atom stereocenters. The van der Waals surface area contributed by atoms with Gasteiger partial charge in [-0.2, -0.15) is 0 Å². The van der Waals surface area contributed by atoms with E-state index >= 15 is 0 Å². The molecule has 1 heterocycles. The third-order valence-corrected chi connectivity index (χ3v) is 10.4. The van der Waals surface area contributed by atoms with Crippen molar-refractivity contribution in [3.63, 3.8) is 0 Å². The minimum Gasteiger partial charge on any atom is -0.390 e. The van der Waals surface area contributed by atoms with Gasteiger partial charge in [0.05, 0.1) is 17.7 Å². The lowest BCUT2D eigenvalue weighted by Gasteiger charge is -2.59. The average Bonchev–Trinajstić information content (AvgIpc) is 3.51. The first kappa shape index (κ1) is 27.6. The van der Waals surface area contributed by atoms with E-state index in [0.29, 0.717) is 23.7 Å². The van der Waals surface area contributed by atoms with Crippen molar-refractivity contribution in [3.8, 4) is 0 Å². The van der Waals surface area contributed by atoms with Crippen LogP contribution in [0.3, 0.4) is 0 Å². The summed E-state index contributed by atoms with van der Waals surface area (Å²) in [6, 6.07) is 1.98. The summed E-state index contributed by atoms with van der Waals surface area (Å²) in [5, 5.41) is 18.7. The van der Waals surface area contributed by atoms with Gasteiger partial charge in [0, 0.05) is 25.2 Å². The number of ketones is 1. The lowest BCUT2D eigenvalue weighted by molar-refractivity contribution is -0.152. The maximum Gasteiger partial charge on any atom is 0.157 e. The standard InChI is InChI=1S/C30H43F2N3O3/c1-4-5-6-24-23(10-9-21-16-29(2,37)11-12-30(21,24)18-38-3)19-7-8-20(13-19)27(36)17-35-26-15-22(31)14-25(32)28(26)33-34-35/h14-15,19-21,23-24,37H,4-13,16-18H2,1-3H3/t19-,20+,21-,23+,24+,29-,30-/m1/s1. The molecule has 210 valence electrons. The molecule has 0 radical (unpaired) electrons. The Morgan fingerprint density at radius 2 is 2.03 bits per heavy atom. The van der Waals surface area contributed by atoms with E-state index in [2.05, 4.69) is 17.2 Å². The Bertz CT molecular complexity index is 1150. The molecule has 5 rings (SSSR count). The monoisotopic (exact) mass is 531 g/mol. The van der Waals surface area contributed by atoms with E-state index in [9.17, 15) is 18.7 Å². The smallest absolute Gasteiger partial charge is 0.157 e. The number of unbranched alkanes of at least 4 members (excludes halogenated alkanes) is 1. The van der Waals surface area contributed by atoms with Crippen molar-refractivity contribution in [2.75, 3.05) is 13.7 Å². The molecule has 0 bridgehead atoms. The Morgan fingerprint density at radius 1 is 1.21 bits per heavy atom. The topological polar surface area (TPSA) is 77.2 Å². The highest BCUT2D eigenvalue weighted by atomic mass is 19.1. The molecule has 3 aliphatic carbocycles. The molecule has 3 saturated carbocycles. The molecule has 0 spiro atoms. The number of aliphatic hydroxyl groups is 1. The van der Waals surface area contributed by atoms with E-state index in [1.54, 1.807) is 0 Å². The number of carbonyl (C=O) groups excluding carboxylic acids is 1. The first-order valence-corrected chi connectivity index (χ1v) is 14.6. The Morgan fingerprint density at radius 3 is 2.79 bits per heavy atom. The van der Waals surface area contributed by atoms with Crippen molar-refractivity contribution < 1.29 is 23.4 Å². The van der Waals surface area contributed by atoms with E-state index in [-0.39, 0.29) is 34.7 Å². The third-order valence-electron chi connectivity index (χ3n) is 10.4. The quantitative estimate of drug-likeness (QED) is 0.423.